The molecule has 2 rings (SSSR count). The SMILES string of the molecule is CCc1[nH]c2c(C)c(C)ccc2c1C. The van der Waals surface area contributed by atoms with Gasteiger partial charge in [-0.1, -0.05) is 19.1 Å². The van der Waals surface area contributed by atoms with E-state index in [1.807, 2.05) is 0 Å². The molecule has 0 atom stereocenters. The first kappa shape index (κ1) is 9.32. The van der Waals surface area contributed by atoms with E-state index in [2.05, 4.69) is 44.8 Å². The predicted octanol–water partition coefficient (Wildman–Crippen LogP) is 3.66. The second-order valence-corrected chi connectivity index (χ2v) is 4.01. The third kappa shape index (κ3) is 1.16. The Labute approximate surface area is 85.1 Å². The Kier molecular flexibility index (Phi) is 2.10. The van der Waals surface area contributed by atoms with Crippen molar-refractivity contribution >= 4 is 10.9 Å². The molecule has 0 amide bonds. The number of aromatic nitrogens is 1. The highest BCUT2D eigenvalue weighted by Crippen LogP contribution is 2.26. The molecule has 0 saturated carbocycles. The van der Waals surface area contributed by atoms with Crippen LogP contribution in [-0.2, 0) is 6.42 Å². The molecule has 0 unspecified atom stereocenters. The number of H-pyrrole nitrogens is 1. The van der Waals surface area contributed by atoms with Crippen LogP contribution in [0.1, 0.15) is 29.3 Å². The fourth-order valence-electron chi connectivity index (χ4n) is 2.05. The van der Waals surface area contributed by atoms with E-state index < -0.39 is 0 Å². The summed E-state index contributed by atoms with van der Waals surface area (Å²) in [5.41, 5.74) is 6.84. The summed E-state index contributed by atoms with van der Waals surface area (Å²) in [4.78, 5) is 3.52. The van der Waals surface area contributed by atoms with Crippen LogP contribution in [0.5, 0.6) is 0 Å². The third-order valence-corrected chi connectivity index (χ3v) is 3.22. The van der Waals surface area contributed by atoms with Gasteiger partial charge in [-0.2, -0.15) is 0 Å². The summed E-state index contributed by atoms with van der Waals surface area (Å²) < 4.78 is 0. The number of aryl methyl sites for hydroxylation is 4. The van der Waals surface area contributed by atoms with Crippen molar-refractivity contribution in [1.29, 1.82) is 0 Å². The molecule has 1 aromatic carbocycles. The zero-order valence-corrected chi connectivity index (χ0v) is 9.36. The maximum Gasteiger partial charge on any atom is 0.0491 e. The van der Waals surface area contributed by atoms with Gasteiger partial charge in [0.15, 0.2) is 0 Å². The van der Waals surface area contributed by atoms with Crippen molar-refractivity contribution in [3.8, 4) is 0 Å². The normalized spacial score (nSPS) is 11.1. The van der Waals surface area contributed by atoms with Gasteiger partial charge in [0.1, 0.15) is 0 Å². The van der Waals surface area contributed by atoms with Crippen molar-refractivity contribution in [2.75, 3.05) is 0 Å². The quantitative estimate of drug-likeness (QED) is 0.701. The summed E-state index contributed by atoms with van der Waals surface area (Å²) >= 11 is 0. The van der Waals surface area contributed by atoms with E-state index in [4.69, 9.17) is 0 Å². The summed E-state index contributed by atoms with van der Waals surface area (Å²) in [7, 11) is 0. The summed E-state index contributed by atoms with van der Waals surface area (Å²) in [6.07, 6.45) is 1.08. The smallest absolute Gasteiger partial charge is 0.0491 e. The molecule has 2 aromatic rings. The summed E-state index contributed by atoms with van der Waals surface area (Å²) in [5, 5.41) is 1.38. The van der Waals surface area contributed by atoms with Crippen LogP contribution >= 0.6 is 0 Å². The number of nitrogens with one attached hydrogen (secondary N) is 1. The second-order valence-electron chi connectivity index (χ2n) is 4.01. The van der Waals surface area contributed by atoms with Crippen molar-refractivity contribution in [3.05, 3.63) is 34.5 Å². The molecule has 1 heteroatoms. The molecular formula is C13H17N. The fraction of sp³-hybridized carbons (Fsp3) is 0.385. The summed E-state index contributed by atoms with van der Waals surface area (Å²) in [6, 6.07) is 4.43. The molecule has 14 heavy (non-hydrogen) atoms. The molecule has 1 N–H and O–H groups in total. The van der Waals surface area contributed by atoms with E-state index in [-0.39, 0.29) is 0 Å². The Bertz CT molecular complexity index is 477. The minimum absolute atomic E-state index is 1.08. The maximum absolute atomic E-state index is 3.52. The maximum atomic E-state index is 3.52. The van der Waals surface area contributed by atoms with E-state index in [1.165, 1.54) is 33.3 Å². The monoisotopic (exact) mass is 187 g/mol. The van der Waals surface area contributed by atoms with E-state index in [1.54, 1.807) is 0 Å². The van der Waals surface area contributed by atoms with Crippen LogP contribution in [0.4, 0.5) is 0 Å². The lowest BCUT2D eigenvalue weighted by molar-refractivity contribution is 1.05. The molecule has 0 spiro atoms. The predicted molar refractivity (Wildman–Crippen MR) is 61.9 cm³/mol. The van der Waals surface area contributed by atoms with Crippen molar-refractivity contribution in [2.45, 2.75) is 34.1 Å². The first-order valence-electron chi connectivity index (χ1n) is 5.22. The average molecular weight is 187 g/mol. The highest BCUT2D eigenvalue weighted by atomic mass is 14.7. The van der Waals surface area contributed by atoms with Crippen molar-refractivity contribution in [1.82, 2.24) is 4.98 Å². The van der Waals surface area contributed by atoms with Gasteiger partial charge < -0.3 is 4.98 Å². The van der Waals surface area contributed by atoms with Crippen molar-refractivity contribution < 1.29 is 0 Å². The minimum Gasteiger partial charge on any atom is -0.358 e. The molecule has 0 aliphatic heterocycles. The molecular weight excluding hydrogens is 170 g/mol. The standard InChI is InChI=1S/C13H17N/c1-5-12-10(4)11-7-6-8(2)9(3)13(11)14-12/h6-7,14H,5H2,1-4H3. The molecule has 0 saturated heterocycles. The number of aromatic amines is 1. The zero-order chi connectivity index (χ0) is 10.3. The van der Waals surface area contributed by atoms with Gasteiger partial charge in [0.25, 0.3) is 0 Å². The number of benzene rings is 1. The van der Waals surface area contributed by atoms with Crippen LogP contribution in [0, 0.1) is 20.8 Å². The van der Waals surface area contributed by atoms with E-state index in [0.717, 1.165) is 6.42 Å². The van der Waals surface area contributed by atoms with Gasteiger partial charge in [-0.25, -0.2) is 0 Å². The Morgan fingerprint density at radius 1 is 1.07 bits per heavy atom. The Hall–Kier alpha value is -1.24. The van der Waals surface area contributed by atoms with Gasteiger partial charge in [0.2, 0.25) is 0 Å². The molecule has 74 valence electrons. The largest absolute Gasteiger partial charge is 0.358 e. The van der Waals surface area contributed by atoms with Gasteiger partial charge in [-0.3, -0.25) is 0 Å². The van der Waals surface area contributed by atoms with Gasteiger partial charge in [-0.05, 0) is 43.9 Å². The Morgan fingerprint density at radius 2 is 1.79 bits per heavy atom. The lowest BCUT2D eigenvalue weighted by atomic mass is 10.0. The number of hydrogen-bond acceptors (Lipinski definition) is 0. The van der Waals surface area contributed by atoms with E-state index in [0.29, 0.717) is 0 Å². The molecule has 1 heterocycles. The topological polar surface area (TPSA) is 15.8 Å². The lowest BCUT2D eigenvalue weighted by Gasteiger charge is -2.00. The van der Waals surface area contributed by atoms with Crippen LogP contribution in [-0.4, -0.2) is 4.98 Å². The van der Waals surface area contributed by atoms with Gasteiger partial charge in [-0.15, -0.1) is 0 Å². The number of fused-ring (bicyclic) bond motifs is 1. The summed E-state index contributed by atoms with van der Waals surface area (Å²) in [5.74, 6) is 0. The number of rotatable bonds is 1. The van der Waals surface area contributed by atoms with Crippen molar-refractivity contribution in [2.24, 2.45) is 0 Å². The third-order valence-electron chi connectivity index (χ3n) is 3.22. The van der Waals surface area contributed by atoms with Gasteiger partial charge in [0, 0.05) is 16.6 Å². The Balaban J connectivity index is 2.85. The second kappa shape index (κ2) is 3.16. The average Bonchev–Trinajstić information content (AvgIpc) is 2.50. The minimum atomic E-state index is 1.08. The van der Waals surface area contributed by atoms with Gasteiger partial charge in [0.05, 0.1) is 0 Å². The van der Waals surface area contributed by atoms with Crippen LogP contribution in [0.3, 0.4) is 0 Å². The van der Waals surface area contributed by atoms with Gasteiger partial charge >= 0.3 is 0 Å². The Morgan fingerprint density at radius 3 is 2.43 bits per heavy atom. The fourth-order valence-corrected chi connectivity index (χ4v) is 2.05. The zero-order valence-electron chi connectivity index (χ0n) is 9.36. The van der Waals surface area contributed by atoms with E-state index in [9.17, 15) is 0 Å². The first-order valence-corrected chi connectivity index (χ1v) is 5.22. The molecule has 0 fully saturated rings. The van der Waals surface area contributed by atoms with Crippen LogP contribution in [0.25, 0.3) is 10.9 Å². The van der Waals surface area contributed by atoms with E-state index >= 15 is 0 Å². The van der Waals surface area contributed by atoms with Crippen LogP contribution < -0.4 is 0 Å². The molecule has 1 nitrogen and oxygen atoms in total. The molecule has 0 aliphatic rings. The van der Waals surface area contributed by atoms with Crippen molar-refractivity contribution in [3.63, 3.8) is 0 Å². The van der Waals surface area contributed by atoms with Crippen LogP contribution in [0.15, 0.2) is 12.1 Å². The highest BCUT2D eigenvalue weighted by molar-refractivity contribution is 5.87. The highest BCUT2D eigenvalue weighted by Gasteiger charge is 2.08. The molecule has 0 aliphatic carbocycles. The molecule has 0 radical (unpaired) electrons. The first-order chi connectivity index (χ1) is 6.65. The molecule has 0 bridgehead atoms. The summed E-state index contributed by atoms with van der Waals surface area (Å²) in [6.45, 7) is 8.75. The number of hydrogen-bond donors (Lipinski definition) is 1. The van der Waals surface area contributed by atoms with Crippen LogP contribution in [0.2, 0.25) is 0 Å². The lowest BCUT2D eigenvalue weighted by Crippen LogP contribution is -1.82. The molecule has 1 aromatic heterocycles.